The SMILES string of the molecule is Cn1cc(C(=O)N2CCC(CC(=O)N3CCCC[C@@H]3c3cccnc3)CC2)ccc1=O. The van der Waals surface area contributed by atoms with Crippen LogP contribution < -0.4 is 5.56 Å². The highest BCUT2D eigenvalue weighted by molar-refractivity contribution is 5.94. The number of rotatable bonds is 4. The molecule has 2 aromatic rings. The van der Waals surface area contributed by atoms with Crippen molar-refractivity contribution in [1.82, 2.24) is 19.4 Å². The van der Waals surface area contributed by atoms with Crippen molar-refractivity contribution in [2.24, 2.45) is 13.0 Å². The van der Waals surface area contributed by atoms with Crippen LogP contribution in [0, 0.1) is 5.92 Å². The number of likely N-dealkylation sites (tertiary alicyclic amines) is 2. The van der Waals surface area contributed by atoms with Gasteiger partial charge in [0.15, 0.2) is 0 Å². The standard InChI is InChI=1S/C24H30N4O3/c1-26-17-20(7-8-22(26)29)24(31)27-13-9-18(10-14-27)15-23(30)28-12-3-2-6-21(28)19-5-4-11-25-16-19/h4-5,7-8,11,16-18,21H,2-3,6,9-10,12-15H2,1H3/t21-/m1/s1. The molecule has 0 N–H and O–H groups in total. The van der Waals surface area contributed by atoms with Gasteiger partial charge in [0.2, 0.25) is 11.5 Å². The molecule has 0 spiro atoms. The lowest BCUT2D eigenvalue weighted by molar-refractivity contribution is -0.136. The number of aromatic nitrogens is 2. The van der Waals surface area contributed by atoms with E-state index in [1.165, 1.54) is 10.6 Å². The Morgan fingerprint density at radius 2 is 1.87 bits per heavy atom. The first-order chi connectivity index (χ1) is 15.0. The number of hydrogen-bond donors (Lipinski definition) is 0. The van der Waals surface area contributed by atoms with Crippen LogP contribution in [-0.2, 0) is 11.8 Å². The fourth-order valence-corrected chi connectivity index (χ4v) is 4.76. The minimum Gasteiger partial charge on any atom is -0.339 e. The van der Waals surface area contributed by atoms with Crippen molar-refractivity contribution in [2.75, 3.05) is 19.6 Å². The maximum Gasteiger partial charge on any atom is 0.255 e. The van der Waals surface area contributed by atoms with Crippen LogP contribution in [0.5, 0.6) is 0 Å². The number of nitrogens with zero attached hydrogens (tertiary/aromatic N) is 4. The first-order valence-corrected chi connectivity index (χ1v) is 11.2. The predicted molar refractivity (Wildman–Crippen MR) is 117 cm³/mol. The second-order valence-corrected chi connectivity index (χ2v) is 8.69. The molecule has 4 rings (SSSR count). The Labute approximate surface area is 182 Å². The highest BCUT2D eigenvalue weighted by atomic mass is 16.2. The smallest absolute Gasteiger partial charge is 0.255 e. The molecular formula is C24H30N4O3. The Hall–Kier alpha value is -2.96. The summed E-state index contributed by atoms with van der Waals surface area (Å²) >= 11 is 0. The number of pyridine rings is 2. The summed E-state index contributed by atoms with van der Waals surface area (Å²) in [6.07, 6.45) is 10.6. The highest BCUT2D eigenvalue weighted by Crippen LogP contribution is 2.32. The van der Waals surface area contributed by atoms with E-state index >= 15 is 0 Å². The van der Waals surface area contributed by atoms with Gasteiger partial charge in [-0.15, -0.1) is 0 Å². The molecule has 7 heteroatoms. The molecule has 2 saturated heterocycles. The molecule has 0 aliphatic carbocycles. The number of aryl methyl sites for hydroxylation is 1. The van der Waals surface area contributed by atoms with Gasteiger partial charge in [0.05, 0.1) is 11.6 Å². The first kappa shape index (κ1) is 21.3. The molecule has 0 saturated carbocycles. The topological polar surface area (TPSA) is 75.5 Å². The Morgan fingerprint density at radius 1 is 1.06 bits per heavy atom. The molecule has 1 atom stereocenters. The summed E-state index contributed by atoms with van der Waals surface area (Å²) < 4.78 is 1.43. The highest BCUT2D eigenvalue weighted by Gasteiger charge is 2.31. The number of carbonyl (C=O) groups excluding carboxylic acids is 2. The van der Waals surface area contributed by atoms with E-state index in [0.29, 0.717) is 31.0 Å². The van der Waals surface area contributed by atoms with E-state index in [1.54, 1.807) is 25.5 Å². The minimum absolute atomic E-state index is 0.0481. The fourth-order valence-electron chi connectivity index (χ4n) is 4.76. The average Bonchev–Trinajstić information content (AvgIpc) is 2.81. The van der Waals surface area contributed by atoms with Crippen molar-refractivity contribution in [3.63, 3.8) is 0 Å². The summed E-state index contributed by atoms with van der Waals surface area (Å²) in [6, 6.07) is 7.14. The number of hydrogen-bond acceptors (Lipinski definition) is 4. The molecule has 2 amide bonds. The minimum atomic E-state index is -0.129. The van der Waals surface area contributed by atoms with Crippen LogP contribution in [0.25, 0.3) is 0 Å². The molecule has 164 valence electrons. The van der Waals surface area contributed by atoms with Crippen LogP contribution in [0.1, 0.15) is 60.5 Å². The van der Waals surface area contributed by atoms with E-state index in [2.05, 4.69) is 11.1 Å². The monoisotopic (exact) mass is 422 g/mol. The average molecular weight is 423 g/mol. The lowest BCUT2D eigenvalue weighted by Gasteiger charge is -2.38. The lowest BCUT2D eigenvalue weighted by Crippen LogP contribution is -2.42. The Bertz CT molecular complexity index is 980. The van der Waals surface area contributed by atoms with Crippen LogP contribution in [0.2, 0.25) is 0 Å². The van der Waals surface area contributed by atoms with Crippen molar-refractivity contribution in [3.05, 3.63) is 64.3 Å². The summed E-state index contributed by atoms with van der Waals surface area (Å²) in [7, 11) is 1.65. The zero-order chi connectivity index (χ0) is 21.8. The van der Waals surface area contributed by atoms with Crippen LogP contribution in [0.15, 0.2) is 47.7 Å². The van der Waals surface area contributed by atoms with Crippen molar-refractivity contribution >= 4 is 11.8 Å². The molecule has 2 aliphatic rings. The number of amides is 2. The van der Waals surface area contributed by atoms with Gasteiger partial charge in [-0.25, -0.2) is 0 Å². The van der Waals surface area contributed by atoms with E-state index in [4.69, 9.17) is 0 Å². The maximum absolute atomic E-state index is 13.1. The van der Waals surface area contributed by atoms with E-state index < -0.39 is 0 Å². The van der Waals surface area contributed by atoms with Crippen LogP contribution >= 0.6 is 0 Å². The molecule has 2 fully saturated rings. The first-order valence-electron chi connectivity index (χ1n) is 11.2. The van der Waals surface area contributed by atoms with Crippen molar-refractivity contribution in [1.29, 1.82) is 0 Å². The van der Waals surface area contributed by atoms with Crippen LogP contribution in [0.3, 0.4) is 0 Å². The molecule has 0 bridgehead atoms. The van der Waals surface area contributed by atoms with E-state index in [9.17, 15) is 14.4 Å². The molecule has 0 unspecified atom stereocenters. The van der Waals surface area contributed by atoms with Crippen LogP contribution in [-0.4, -0.2) is 50.8 Å². The third-order valence-corrected chi connectivity index (χ3v) is 6.59. The molecule has 4 heterocycles. The van der Waals surface area contributed by atoms with Gasteiger partial charge >= 0.3 is 0 Å². The fraction of sp³-hybridized carbons (Fsp3) is 0.500. The van der Waals surface area contributed by atoms with Gasteiger partial charge in [0.1, 0.15) is 0 Å². The molecule has 2 aliphatic heterocycles. The summed E-state index contributed by atoms with van der Waals surface area (Å²) in [6.45, 7) is 2.10. The van der Waals surface area contributed by atoms with Gasteiger partial charge in [-0.2, -0.15) is 0 Å². The third-order valence-electron chi connectivity index (χ3n) is 6.59. The molecular weight excluding hydrogens is 392 g/mol. The lowest BCUT2D eigenvalue weighted by atomic mass is 9.90. The van der Waals surface area contributed by atoms with Crippen molar-refractivity contribution < 1.29 is 9.59 Å². The summed E-state index contributed by atoms with van der Waals surface area (Å²) in [4.78, 5) is 45.6. The van der Waals surface area contributed by atoms with Crippen LogP contribution in [0.4, 0.5) is 0 Å². The molecule has 31 heavy (non-hydrogen) atoms. The Kier molecular flexibility index (Phi) is 6.49. The second kappa shape index (κ2) is 9.45. The largest absolute Gasteiger partial charge is 0.339 e. The molecule has 0 radical (unpaired) electrons. The summed E-state index contributed by atoms with van der Waals surface area (Å²) in [5.74, 6) is 0.470. The van der Waals surface area contributed by atoms with Gasteiger partial charge < -0.3 is 14.4 Å². The summed E-state index contributed by atoms with van der Waals surface area (Å²) in [5.41, 5.74) is 1.52. The second-order valence-electron chi connectivity index (χ2n) is 8.69. The van der Waals surface area contributed by atoms with Crippen molar-refractivity contribution in [2.45, 2.75) is 44.6 Å². The van der Waals surface area contributed by atoms with Gasteiger partial charge in [-0.3, -0.25) is 19.4 Å². The summed E-state index contributed by atoms with van der Waals surface area (Å²) in [5, 5.41) is 0. The third kappa shape index (κ3) is 4.86. The molecule has 2 aromatic heterocycles. The zero-order valence-electron chi connectivity index (χ0n) is 18.1. The van der Waals surface area contributed by atoms with E-state index in [-0.39, 0.29) is 23.4 Å². The quantitative estimate of drug-likeness (QED) is 0.759. The van der Waals surface area contributed by atoms with Crippen molar-refractivity contribution in [3.8, 4) is 0 Å². The van der Waals surface area contributed by atoms with E-state index in [0.717, 1.165) is 44.2 Å². The number of piperidine rings is 2. The molecule has 0 aromatic carbocycles. The maximum atomic E-state index is 13.1. The normalized spacial score (nSPS) is 20.0. The zero-order valence-corrected chi connectivity index (χ0v) is 18.1. The van der Waals surface area contributed by atoms with E-state index in [1.807, 2.05) is 22.1 Å². The van der Waals surface area contributed by atoms with Gasteiger partial charge in [0, 0.05) is 57.8 Å². The van der Waals surface area contributed by atoms with Gasteiger partial charge in [0.25, 0.3) is 5.91 Å². The molecule has 7 nitrogen and oxygen atoms in total. The van der Waals surface area contributed by atoms with Gasteiger partial charge in [-0.05, 0) is 55.7 Å². The Balaban J connectivity index is 1.33. The van der Waals surface area contributed by atoms with Gasteiger partial charge in [-0.1, -0.05) is 6.07 Å². The predicted octanol–water partition coefficient (Wildman–Crippen LogP) is 2.78. The Morgan fingerprint density at radius 3 is 2.58 bits per heavy atom. The number of carbonyl (C=O) groups is 2.